The van der Waals surface area contributed by atoms with Crippen molar-refractivity contribution in [3.8, 4) is 6.07 Å². The van der Waals surface area contributed by atoms with Gasteiger partial charge in [-0.05, 0) is 38.0 Å². The Morgan fingerprint density at radius 1 is 1.37 bits per heavy atom. The van der Waals surface area contributed by atoms with Crippen molar-refractivity contribution >= 4 is 5.91 Å². The van der Waals surface area contributed by atoms with Crippen molar-refractivity contribution in [1.29, 1.82) is 5.26 Å². The van der Waals surface area contributed by atoms with Gasteiger partial charge in [-0.3, -0.25) is 4.79 Å². The summed E-state index contributed by atoms with van der Waals surface area (Å²) in [6.07, 6.45) is 1.10. The first-order chi connectivity index (χ1) is 8.95. The van der Waals surface area contributed by atoms with Crippen LogP contribution in [0.4, 0.5) is 8.78 Å². The number of hydrogen-bond donors (Lipinski definition) is 0. The second-order valence-electron chi connectivity index (χ2n) is 5.09. The van der Waals surface area contributed by atoms with Crippen LogP contribution in [0.5, 0.6) is 0 Å². The van der Waals surface area contributed by atoms with Crippen molar-refractivity contribution in [1.82, 2.24) is 4.90 Å². The summed E-state index contributed by atoms with van der Waals surface area (Å²) < 4.78 is 26.6. The summed E-state index contributed by atoms with van der Waals surface area (Å²) in [6, 6.07) is 5.07. The van der Waals surface area contributed by atoms with Crippen molar-refractivity contribution in [2.75, 3.05) is 13.1 Å². The first kappa shape index (κ1) is 13.5. The molecular weight excluding hydrogens is 250 g/mol. The molecule has 1 saturated heterocycles. The summed E-state index contributed by atoms with van der Waals surface area (Å²) in [5, 5.41) is 9.01. The summed E-state index contributed by atoms with van der Waals surface area (Å²) in [7, 11) is 0. The van der Waals surface area contributed by atoms with E-state index < -0.39 is 23.0 Å². The van der Waals surface area contributed by atoms with E-state index >= 15 is 0 Å². The largest absolute Gasteiger partial charge is 0.338 e. The van der Waals surface area contributed by atoms with Gasteiger partial charge in [0.2, 0.25) is 0 Å². The third-order valence-corrected chi connectivity index (χ3v) is 3.58. The van der Waals surface area contributed by atoms with E-state index in [-0.39, 0.29) is 5.56 Å². The molecule has 2 rings (SSSR count). The quantitative estimate of drug-likeness (QED) is 0.782. The van der Waals surface area contributed by atoms with E-state index in [0.717, 1.165) is 18.2 Å². The van der Waals surface area contributed by atoms with Gasteiger partial charge in [-0.2, -0.15) is 5.26 Å². The van der Waals surface area contributed by atoms with Gasteiger partial charge in [0.05, 0.1) is 17.0 Å². The Morgan fingerprint density at radius 3 is 2.58 bits per heavy atom. The Kier molecular flexibility index (Phi) is 3.52. The highest BCUT2D eigenvalue weighted by Crippen LogP contribution is 2.30. The lowest BCUT2D eigenvalue weighted by Gasteiger charge is -2.35. The summed E-state index contributed by atoms with van der Waals surface area (Å²) in [5.41, 5.74) is -0.683. The van der Waals surface area contributed by atoms with Crippen molar-refractivity contribution in [3.05, 3.63) is 35.4 Å². The third-order valence-electron chi connectivity index (χ3n) is 3.58. The molecule has 3 nitrogen and oxygen atoms in total. The Morgan fingerprint density at radius 2 is 2.00 bits per heavy atom. The van der Waals surface area contributed by atoms with E-state index in [2.05, 4.69) is 6.07 Å². The second-order valence-corrected chi connectivity index (χ2v) is 5.09. The molecule has 0 atom stereocenters. The highest BCUT2D eigenvalue weighted by atomic mass is 19.1. The molecule has 0 bridgehead atoms. The number of piperidine rings is 1. The predicted octanol–water partition coefficient (Wildman–Crippen LogP) is 2.73. The number of likely N-dealkylation sites (tertiary alicyclic amines) is 1. The predicted molar refractivity (Wildman–Crippen MR) is 65.2 cm³/mol. The first-order valence-corrected chi connectivity index (χ1v) is 6.11. The summed E-state index contributed by atoms with van der Waals surface area (Å²) in [5.74, 6) is -1.87. The molecule has 0 aliphatic carbocycles. The fourth-order valence-corrected chi connectivity index (χ4v) is 2.15. The molecule has 1 fully saturated rings. The molecule has 1 aromatic carbocycles. The van der Waals surface area contributed by atoms with E-state index in [0.29, 0.717) is 25.9 Å². The minimum atomic E-state index is -0.722. The topological polar surface area (TPSA) is 44.1 Å². The maximum absolute atomic E-state index is 13.5. The molecule has 100 valence electrons. The zero-order valence-corrected chi connectivity index (χ0v) is 10.6. The summed E-state index contributed by atoms with van der Waals surface area (Å²) in [6.45, 7) is 2.62. The van der Waals surface area contributed by atoms with Crippen LogP contribution in [-0.2, 0) is 0 Å². The number of carbonyl (C=O) groups is 1. The van der Waals surface area contributed by atoms with Crippen LogP contribution in [0.1, 0.15) is 30.1 Å². The molecule has 1 aliphatic rings. The Balaban J connectivity index is 2.14. The number of amides is 1. The second kappa shape index (κ2) is 4.96. The normalized spacial score (nSPS) is 17.9. The van der Waals surface area contributed by atoms with Crippen LogP contribution < -0.4 is 0 Å². The zero-order valence-electron chi connectivity index (χ0n) is 10.6. The fraction of sp³-hybridized carbons (Fsp3) is 0.429. The zero-order chi connectivity index (χ0) is 14.0. The van der Waals surface area contributed by atoms with Crippen LogP contribution in [0.25, 0.3) is 0 Å². The van der Waals surface area contributed by atoms with Crippen LogP contribution in [0, 0.1) is 28.4 Å². The van der Waals surface area contributed by atoms with Crippen molar-refractivity contribution in [3.63, 3.8) is 0 Å². The fourth-order valence-electron chi connectivity index (χ4n) is 2.15. The number of rotatable bonds is 1. The van der Waals surface area contributed by atoms with Gasteiger partial charge < -0.3 is 4.90 Å². The average molecular weight is 264 g/mol. The maximum Gasteiger partial charge on any atom is 0.256 e. The SMILES string of the molecule is CC1(C#N)CCN(C(=O)c2cc(F)ccc2F)CC1. The van der Waals surface area contributed by atoms with E-state index in [4.69, 9.17) is 5.26 Å². The Bertz CT molecular complexity index is 543. The smallest absolute Gasteiger partial charge is 0.256 e. The van der Waals surface area contributed by atoms with Crippen molar-refractivity contribution in [2.24, 2.45) is 5.41 Å². The summed E-state index contributed by atoms with van der Waals surface area (Å²) >= 11 is 0. The molecule has 0 aromatic heterocycles. The van der Waals surface area contributed by atoms with Gasteiger partial charge in [-0.25, -0.2) is 8.78 Å². The molecule has 1 aromatic rings. The summed E-state index contributed by atoms with van der Waals surface area (Å²) in [4.78, 5) is 13.6. The number of nitriles is 1. The highest BCUT2D eigenvalue weighted by Gasteiger charge is 2.32. The third kappa shape index (κ3) is 2.73. The molecule has 5 heteroatoms. The Hall–Kier alpha value is -1.96. The van der Waals surface area contributed by atoms with E-state index in [1.807, 2.05) is 6.92 Å². The molecule has 1 heterocycles. The Labute approximate surface area is 110 Å². The van der Waals surface area contributed by atoms with E-state index in [1.54, 1.807) is 0 Å². The molecule has 19 heavy (non-hydrogen) atoms. The molecule has 1 amide bonds. The van der Waals surface area contributed by atoms with Crippen LogP contribution in [0.2, 0.25) is 0 Å². The van der Waals surface area contributed by atoms with Crippen LogP contribution >= 0.6 is 0 Å². The number of halogens is 2. The van der Waals surface area contributed by atoms with Crippen LogP contribution in [0.3, 0.4) is 0 Å². The maximum atomic E-state index is 13.5. The van der Waals surface area contributed by atoms with Gasteiger partial charge in [0.1, 0.15) is 11.6 Å². The van der Waals surface area contributed by atoms with Gasteiger partial charge >= 0.3 is 0 Å². The number of carbonyl (C=O) groups excluding carboxylic acids is 1. The van der Waals surface area contributed by atoms with Crippen LogP contribution in [-0.4, -0.2) is 23.9 Å². The van der Waals surface area contributed by atoms with Crippen molar-refractivity contribution in [2.45, 2.75) is 19.8 Å². The minimum absolute atomic E-state index is 0.249. The molecular formula is C14H14F2N2O. The molecule has 0 unspecified atom stereocenters. The van der Waals surface area contributed by atoms with Crippen LogP contribution in [0.15, 0.2) is 18.2 Å². The number of nitrogens with zero attached hydrogens (tertiary/aromatic N) is 2. The molecule has 0 N–H and O–H groups in total. The van der Waals surface area contributed by atoms with Gasteiger partial charge in [0, 0.05) is 13.1 Å². The first-order valence-electron chi connectivity index (χ1n) is 6.11. The van der Waals surface area contributed by atoms with E-state index in [9.17, 15) is 13.6 Å². The highest BCUT2D eigenvalue weighted by molar-refractivity contribution is 5.94. The minimum Gasteiger partial charge on any atom is -0.338 e. The molecule has 1 aliphatic heterocycles. The van der Waals surface area contributed by atoms with Crippen molar-refractivity contribution < 1.29 is 13.6 Å². The van der Waals surface area contributed by atoms with Gasteiger partial charge in [-0.15, -0.1) is 0 Å². The molecule has 0 spiro atoms. The lowest BCUT2D eigenvalue weighted by molar-refractivity contribution is 0.0656. The standard InChI is InChI=1S/C14H14F2N2O/c1-14(9-17)4-6-18(7-5-14)13(19)11-8-10(15)2-3-12(11)16/h2-3,8H,4-7H2,1H3. The monoisotopic (exact) mass is 264 g/mol. The van der Waals surface area contributed by atoms with Gasteiger partial charge in [-0.1, -0.05) is 0 Å². The van der Waals surface area contributed by atoms with Gasteiger partial charge in [0.25, 0.3) is 5.91 Å². The lowest BCUT2D eigenvalue weighted by atomic mass is 9.82. The van der Waals surface area contributed by atoms with E-state index in [1.165, 1.54) is 4.90 Å². The molecule has 0 radical (unpaired) electrons. The van der Waals surface area contributed by atoms with Gasteiger partial charge in [0.15, 0.2) is 0 Å². The average Bonchev–Trinajstić information content (AvgIpc) is 2.42. The number of hydrogen-bond acceptors (Lipinski definition) is 2. The number of benzene rings is 1. The molecule has 0 saturated carbocycles. The lowest BCUT2D eigenvalue weighted by Crippen LogP contribution is -2.42.